The van der Waals surface area contributed by atoms with E-state index in [0.29, 0.717) is 15.6 Å². The molecule has 2 aliphatic carbocycles. The molecule has 0 radical (unpaired) electrons. The summed E-state index contributed by atoms with van der Waals surface area (Å²) in [5.41, 5.74) is 0.960. The monoisotopic (exact) mass is 712 g/mol. The minimum atomic E-state index is -1.95. The number of rotatable bonds is 3. The lowest BCUT2D eigenvalue weighted by Crippen LogP contribution is -2.60. The summed E-state index contributed by atoms with van der Waals surface area (Å²) in [6.07, 6.45) is 2.00. The maximum Gasteiger partial charge on any atom is 0.254 e. The van der Waals surface area contributed by atoms with Crippen molar-refractivity contribution in [3.8, 4) is 11.5 Å². The van der Waals surface area contributed by atoms with Gasteiger partial charge in [-0.1, -0.05) is 27.6 Å². The number of allylic oxidation sites excluding steroid dienone is 2. The molecule has 0 spiro atoms. The summed E-state index contributed by atoms with van der Waals surface area (Å²) in [4.78, 5) is 49.6. The molecule has 3 fully saturated rings. The molecule has 5 rings (SSSR count). The van der Waals surface area contributed by atoms with E-state index >= 15 is 0 Å². The molecule has 1 saturated carbocycles. The second-order valence-corrected chi connectivity index (χ2v) is 12.3. The number of likely N-dealkylation sites (tertiary alicyclic amines) is 1. The number of amides is 4. The van der Waals surface area contributed by atoms with Crippen molar-refractivity contribution in [3.05, 3.63) is 32.2 Å². The summed E-state index contributed by atoms with van der Waals surface area (Å²) in [6.45, 7) is 0. The quantitative estimate of drug-likeness (QED) is 0.213. The van der Waals surface area contributed by atoms with Crippen LogP contribution in [0.15, 0.2) is 26.7 Å². The Balaban J connectivity index is 1.82. The van der Waals surface area contributed by atoms with Gasteiger partial charge in [0.2, 0.25) is 11.8 Å². The molecule has 35 heavy (non-hydrogen) atoms. The van der Waals surface area contributed by atoms with Crippen LogP contribution in [0.2, 0.25) is 0 Å². The molecule has 0 aromatic heterocycles. The number of phenols is 1. The van der Waals surface area contributed by atoms with Crippen LogP contribution in [-0.2, 0) is 19.2 Å². The Morgan fingerprint density at radius 1 is 1.14 bits per heavy atom. The number of carbonyl (C=O) groups excluding carboxylic acids is 4. The van der Waals surface area contributed by atoms with E-state index in [4.69, 9.17) is 27.9 Å². The van der Waals surface area contributed by atoms with Crippen LogP contribution < -0.4 is 10.1 Å². The van der Waals surface area contributed by atoms with Gasteiger partial charge >= 0.3 is 0 Å². The SMILES string of the molecule is COc1cc(C2C3=CCC4C(=O)NC(=O)C4C3CC3(Cl)C(=O)N(CBr)C(=O)C23Cl)c(Br)c(Br)c1O. The Bertz CT molecular complexity index is 1260. The van der Waals surface area contributed by atoms with Gasteiger partial charge in [-0.25, -0.2) is 0 Å². The van der Waals surface area contributed by atoms with Crippen LogP contribution in [0, 0.1) is 17.8 Å². The Labute approximate surface area is 235 Å². The van der Waals surface area contributed by atoms with E-state index < -0.39 is 51.1 Å². The van der Waals surface area contributed by atoms with Crippen LogP contribution in [-0.4, -0.2) is 55.9 Å². The van der Waals surface area contributed by atoms with Gasteiger partial charge in [0, 0.05) is 10.4 Å². The Morgan fingerprint density at radius 3 is 2.46 bits per heavy atom. The Morgan fingerprint density at radius 2 is 1.83 bits per heavy atom. The van der Waals surface area contributed by atoms with E-state index in [1.807, 2.05) is 6.08 Å². The molecule has 186 valence electrons. The van der Waals surface area contributed by atoms with Crippen molar-refractivity contribution in [1.29, 1.82) is 0 Å². The maximum absolute atomic E-state index is 13.7. The van der Waals surface area contributed by atoms with Crippen LogP contribution in [0.5, 0.6) is 11.5 Å². The number of methoxy groups -OCH3 is 1. The van der Waals surface area contributed by atoms with Crippen molar-refractivity contribution in [2.45, 2.75) is 28.5 Å². The number of hydrogen-bond donors (Lipinski definition) is 2. The number of carbonyl (C=O) groups is 4. The number of alkyl halides is 3. The highest BCUT2D eigenvalue weighted by Gasteiger charge is 2.76. The second-order valence-electron chi connectivity index (χ2n) is 8.98. The number of halogens is 5. The number of nitrogens with one attached hydrogen (secondary N) is 1. The van der Waals surface area contributed by atoms with Gasteiger partial charge in [-0.2, -0.15) is 0 Å². The molecule has 1 aromatic carbocycles. The lowest BCUT2D eigenvalue weighted by molar-refractivity contribution is -0.138. The van der Waals surface area contributed by atoms with Crippen molar-refractivity contribution in [3.63, 3.8) is 0 Å². The third kappa shape index (κ3) is 3.14. The average Bonchev–Trinajstić information content (AvgIpc) is 3.19. The Hall–Kier alpha value is -1.14. The molecule has 6 unspecified atom stereocenters. The fourth-order valence-corrected chi connectivity index (χ4v) is 8.36. The van der Waals surface area contributed by atoms with Crippen LogP contribution in [0.4, 0.5) is 0 Å². The summed E-state index contributed by atoms with van der Waals surface area (Å²) in [5.74, 6) is -5.16. The van der Waals surface area contributed by atoms with Crippen LogP contribution in [0.1, 0.15) is 24.3 Å². The molecule has 6 atom stereocenters. The first-order valence-corrected chi connectivity index (χ1v) is 14.0. The highest BCUT2D eigenvalue weighted by Crippen LogP contribution is 2.66. The predicted molar refractivity (Wildman–Crippen MR) is 137 cm³/mol. The number of benzene rings is 1. The first-order chi connectivity index (χ1) is 16.4. The van der Waals surface area contributed by atoms with Crippen molar-refractivity contribution >= 4 is 94.6 Å². The highest BCUT2D eigenvalue weighted by molar-refractivity contribution is 9.13. The number of imide groups is 2. The van der Waals surface area contributed by atoms with Crippen molar-refractivity contribution < 1.29 is 29.0 Å². The molecule has 0 bridgehead atoms. The molecule has 13 heteroatoms. The fourth-order valence-electron chi connectivity index (χ4n) is 5.99. The van der Waals surface area contributed by atoms with Gasteiger partial charge in [-0.15, -0.1) is 23.2 Å². The van der Waals surface area contributed by atoms with Gasteiger partial charge < -0.3 is 9.84 Å². The molecule has 4 aliphatic rings. The average molecular weight is 716 g/mol. The van der Waals surface area contributed by atoms with Crippen LogP contribution in [0.3, 0.4) is 0 Å². The normalized spacial score (nSPS) is 35.9. The smallest absolute Gasteiger partial charge is 0.254 e. The molecule has 1 aromatic rings. The number of aromatic hydroxyl groups is 1. The number of phenolic OH excluding ortho intramolecular Hbond substituents is 1. The van der Waals surface area contributed by atoms with Gasteiger partial charge in [-0.3, -0.25) is 29.4 Å². The number of ether oxygens (including phenoxy) is 1. The van der Waals surface area contributed by atoms with E-state index in [1.165, 1.54) is 13.2 Å². The first kappa shape index (κ1) is 25.5. The molecular weight excluding hydrogens is 699 g/mol. The molecule has 2 heterocycles. The molecular formula is C22H17Br3Cl2N2O6. The summed E-state index contributed by atoms with van der Waals surface area (Å²) in [5, 5.41) is 12.9. The summed E-state index contributed by atoms with van der Waals surface area (Å²) in [7, 11) is 1.38. The molecule has 8 nitrogen and oxygen atoms in total. The largest absolute Gasteiger partial charge is 0.503 e. The lowest BCUT2D eigenvalue weighted by Gasteiger charge is -2.51. The predicted octanol–water partition coefficient (Wildman–Crippen LogP) is 3.92. The standard InChI is InChI=1S/C22H17Br3Cl2N2O6/c1-35-11-4-9(14(24)15(25)16(11)30)13-7-2-3-8-12(18(32)28-17(8)31)10(7)5-21(26)19(33)29(6-23)20(34)22(13,21)27/h2,4,8,10,12-13,30H,3,5-6H2,1H3,(H,28,31,32). The van der Waals surface area contributed by atoms with Gasteiger partial charge in [0.15, 0.2) is 21.2 Å². The van der Waals surface area contributed by atoms with Gasteiger partial charge in [0.25, 0.3) is 11.8 Å². The minimum Gasteiger partial charge on any atom is -0.503 e. The highest BCUT2D eigenvalue weighted by atomic mass is 79.9. The molecule has 2 aliphatic heterocycles. The zero-order valence-electron chi connectivity index (χ0n) is 17.9. The van der Waals surface area contributed by atoms with Gasteiger partial charge in [0.05, 0.1) is 28.9 Å². The van der Waals surface area contributed by atoms with E-state index in [2.05, 4.69) is 53.1 Å². The van der Waals surface area contributed by atoms with Crippen LogP contribution in [0.25, 0.3) is 0 Å². The molecule has 4 amide bonds. The Kier molecular flexibility index (Phi) is 6.15. The minimum absolute atomic E-state index is 0.0929. The molecule has 2 saturated heterocycles. The van der Waals surface area contributed by atoms with E-state index in [1.54, 1.807) is 0 Å². The van der Waals surface area contributed by atoms with E-state index in [-0.39, 0.29) is 40.2 Å². The summed E-state index contributed by atoms with van der Waals surface area (Å²) >= 11 is 24.3. The van der Waals surface area contributed by atoms with Gasteiger partial charge in [-0.05, 0) is 62.2 Å². The number of hydrogen-bond acceptors (Lipinski definition) is 6. The number of fused-ring (bicyclic) bond motifs is 4. The second kappa shape index (κ2) is 8.44. The third-order valence-corrected chi connectivity index (χ3v) is 11.6. The summed E-state index contributed by atoms with van der Waals surface area (Å²) in [6, 6.07) is 1.53. The fraction of sp³-hybridized carbons (Fsp3) is 0.455. The molecule has 2 N–H and O–H groups in total. The van der Waals surface area contributed by atoms with Crippen molar-refractivity contribution in [2.24, 2.45) is 17.8 Å². The first-order valence-electron chi connectivity index (χ1n) is 10.5. The lowest BCUT2D eigenvalue weighted by atomic mass is 9.56. The zero-order chi connectivity index (χ0) is 25.6. The maximum atomic E-state index is 13.7. The van der Waals surface area contributed by atoms with Gasteiger partial charge in [0.1, 0.15) is 0 Å². The zero-order valence-corrected chi connectivity index (χ0v) is 24.2. The van der Waals surface area contributed by atoms with E-state index in [9.17, 15) is 24.3 Å². The third-order valence-electron chi connectivity index (χ3n) is 7.56. The van der Waals surface area contributed by atoms with E-state index in [0.717, 1.165) is 4.90 Å². The topological polar surface area (TPSA) is 113 Å². The number of nitrogens with zero attached hydrogens (tertiary/aromatic N) is 1. The van der Waals surface area contributed by atoms with Crippen molar-refractivity contribution in [2.75, 3.05) is 12.6 Å². The van der Waals surface area contributed by atoms with Crippen molar-refractivity contribution in [1.82, 2.24) is 10.2 Å². The van der Waals surface area contributed by atoms with Crippen LogP contribution >= 0.6 is 71.0 Å². The summed E-state index contributed by atoms with van der Waals surface area (Å²) < 4.78 is 5.97.